The fourth-order valence-corrected chi connectivity index (χ4v) is 7.05. The van der Waals surface area contributed by atoms with E-state index in [1.54, 1.807) is 6.08 Å². The van der Waals surface area contributed by atoms with Gasteiger partial charge in [-0.05, 0) is 12.5 Å². The highest BCUT2D eigenvalue weighted by Gasteiger charge is 2.15. The van der Waals surface area contributed by atoms with Crippen molar-refractivity contribution in [2.75, 3.05) is 6.54 Å². The number of hydrogen-bond acceptors (Lipinski definition) is 2. The van der Waals surface area contributed by atoms with Crippen molar-refractivity contribution in [1.82, 2.24) is 0 Å². The predicted octanol–water partition coefficient (Wildman–Crippen LogP) is 13.1. The Hall–Kier alpha value is -0.113. The molecule has 0 heterocycles. The lowest BCUT2D eigenvalue weighted by molar-refractivity contribution is 0.513. The van der Waals surface area contributed by atoms with Gasteiger partial charge in [0.2, 0.25) is 6.08 Å². The van der Waals surface area contributed by atoms with Gasteiger partial charge in [0.05, 0.1) is 6.54 Å². The fraction of sp³-hybridized carbons (Fsp3) is 0.971. The summed E-state index contributed by atoms with van der Waals surface area (Å²) < 4.78 is 0. The maximum Gasteiger partial charge on any atom is 0.234 e. The minimum absolute atomic E-state index is 0.668. The van der Waals surface area contributed by atoms with Gasteiger partial charge in [0, 0.05) is 0 Å². The molecule has 0 aromatic rings. The molecule has 0 N–H and O–H groups in total. The van der Waals surface area contributed by atoms with Crippen molar-refractivity contribution >= 4 is 24.5 Å². The molecule has 0 aliphatic carbocycles. The molecule has 0 aromatic carbocycles. The van der Waals surface area contributed by atoms with E-state index in [4.69, 9.17) is 11.1 Å². The first kappa shape index (κ1) is 37.9. The largest absolute Gasteiger partial charge is 0.234 e. The summed E-state index contributed by atoms with van der Waals surface area (Å²) in [7, 11) is -1.32. The minimum atomic E-state index is -1.32. The van der Waals surface area contributed by atoms with Crippen molar-refractivity contribution in [3.63, 3.8) is 0 Å². The normalized spacial score (nSPS) is 11.7. The average Bonchev–Trinajstić information content (AvgIpc) is 2.88. The molecule has 0 aliphatic rings. The quantitative estimate of drug-likeness (QED) is 0.0260. The molecular weight excluding hydrogens is 502 g/mol. The van der Waals surface area contributed by atoms with Gasteiger partial charge >= 0.3 is 0 Å². The van der Waals surface area contributed by atoms with E-state index >= 15 is 0 Å². The second-order valence-corrected chi connectivity index (χ2v) is 19.7. The van der Waals surface area contributed by atoms with Crippen LogP contribution in [0.15, 0.2) is 4.99 Å². The highest BCUT2D eigenvalue weighted by Crippen LogP contribution is 2.20. The summed E-state index contributed by atoms with van der Waals surface area (Å²) in [6.07, 6.45) is 42.6. The topological polar surface area (TPSA) is 29.4 Å². The fourth-order valence-electron chi connectivity index (χ4n) is 5.55. The molecule has 0 spiro atoms. The Kier molecular flexibility index (Phi) is 31.3. The van der Waals surface area contributed by atoms with Gasteiger partial charge < -0.3 is 0 Å². The summed E-state index contributed by atoms with van der Waals surface area (Å²) >= 11 is 6.39. The highest BCUT2D eigenvalue weighted by molar-refractivity contribution is 7.19. The summed E-state index contributed by atoms with van der Waals surface area (Å²) in [6.45, 7) is 5.21. The van der Waals surface area contributed by atoms with E-state index in [0.29, 0.717) is 6.54 Å². The molecular formula is C34H68ClNOSi. The van der Waals surface area contributed by atoms with Gasteiger partial charge in [0.15, 0.2) is 0 Å². The van der Waals surface area contributed by atoms with Crippen LogP contribution in [0.25, 0.3) is 0 Å². The number of carbonyl (C=O) groups excluding carboxylic acids is 1. The Morgan fingerprint density at radius 1 is 0.421 bits per heavy atom. The zero-order valence-corrected chi connectivity index (χ0v) is 27.9. The van der Waals surface area contributed by atoms with E-state index in [0.717, 1.165) is 6.42 Å². The molecule has 38 heavy (non-hydrogen) atoms. The zero-order valence-electron chi connectivity index (χ0n) is 26.2. The Bertz CT molecular complexity index is 501. The van der Waals surface area contributed by atoms with E-state index in [1.165, 1.54) is 186 Å². The van der Waals surface area contributed by atoms with Crippen molar-refractivity contribution in [3.05, 3.63) is 0 Å². The molecule has 0 radical (unpaired) electrons. The Labute approximate surface area is 245 Å². The second kappa shape index (κ2) is 31.4. The maximum absolute atomic E-state index is 9.99. The van der Waals surface area contributed by atoms with Gasteiger partial charge in [-0.3, -0.25) is 0 Å². The first-order valence-electron chi connectivity index (χ1n) is 17.3. The first-order chi connectivity index (χ1) is 18.6. The number of unbranched alkanes of at least 4 members (excludes halogenated alkanes) is 28. The summed E-state index contributed by atoms with van der Waals surface area (Å²) in [6, 6.07) is 1.29. The van der Waals surface area contributed by atoms with Gasteiger partial charge in [-0.15, -0.1) is 0 Å². The summed E-state index contributed by atoms with van der Waals surface area (Å²) in [4.78, 5) is 13.6. The molecule has 0 fully saturated rings. The van der Waals surface area contributed by atoms with Crippen molar-refractivity contribution in [3.8, 4) is 0 Å². The van der Waals surface area contributed by atoms with Crippen LogP contribution in [0.1, 0.15) is 186 Å². The van der Waals surface area contributed by atoms with E-state index in [2.05, 4.69) is 18.1 Å². The lowest BCUT2D eigenvalue weighted by Gasteiger charge is -2.11. The molecule has 4 heteroatoms. The lowest BCUT2D eigenvalue weighted by Crippen LogP contribution is -2.14. The summed E-state index contributed by atoms with van der Waals surface area (Å²) in [5.41, 5.74) is 0. The zero-order chi connectivity index (χ0) is 27.8. The van der Waals surface area contributed by atoms with E-state index in [9.17, 15) is 4.79 Å². The van der Waals surface area contributed by atoms with Crippen molar-refractivity contribution in [1.29, 1.82) is 0 Å². The van der Waals surface area contributed by atoms with Crippen molar-refractivity contribution in [2.24, 2.45) is 4.99 Å². The van der Waals surface area contributed by atoms with E-state index in [1.807, 2.05) is 0 Å². The molecule has 0 saturated heterocycles. The van der Waals surface area contributed by atoms with Gasteiger partial charge in [0.25, 0.3) is 0 Å². The minimum Gasteiger partial charge on any atom is -0.211 e. The van der Waals surface area contributed by atoms with Crippen LogP contribution in [-0.2, 0) is 4.79 Å². The third-order valence-corrected chi connectivity index (χ3v) is 10.2. The number of aliphatic imine (C=N–C) groups is 1. The number of halogens is 1. The molecule has 0 amide bonds. The average molecular weight is 570 g/mol. The molecule has 0 aromatic heterocycles. The number of rotatable bonds is 32. The van der Waals surface area contributed by atoms with Crippen LogP contribution in [0.4, 0.5) is 0 Å². The van der Waals surface area contributed by atoms with Crippen molar-refractivity contribution in [2.45, 2.75) is 205 Å². The summed E-state index contributed by atoms with van der Waals surface area (Å²) in [5.74, 6) is 0. The lowest BCUT2D eigenvalue weighted by atomic mass is 10.0. The standard InChI is InChI=1S/C34H68ClNOSi/c1-38(2,35)33-31-29-27-25-23-21-19-17-15-13-11-9-7-5-3-4-6-8-10-12-14-16-18-20-22-24-26-28-30-32-36-34-37/h3-33H2,1-2H3. The van der Waals surface area contributed by atoms with E-state index < -0.39 is 7.38 Å². The number of nitrogens with zero attached hydrogens (tertiary/aromatic N) is 1. The van der Waals surface area contributed by atoms with Gasteiger partial charge in [0.1, 0.15) is 7.38 Å². The van der Waals surface area contributed by atoms with Gasteiger partial charge in [-0.1, -0.05) is 193 Å². The molecule has 0 aliphatic heterocycles. The van der Waals surface area contributed by atoms with Crippen LogP contribution >= 0.6 is 11.1 Å². The van der Waals surface area contributed by atoms with Crippen LogP contribution in [0.3, 0.4) is 0 Å². The first-order valence-corrected chi connectivity index (χ1v) is 21.5. The van der Waals surface area contributed by atoms with Gasteiger partial charge in [-0.25, -0.2) is 9.79 Å². The van der Waals surface area contributed by atoms with Crippen LogP contribution in [0.5, 0.6) is 0 Å². The van der Waals surface area contributed by atoms with E-state index in [-0.39, 0.29) is 0 Å². The third kappa shape index (κ3) is 35.9. The third-order valence-electron chi connectivity index (χ3n) is 8.11. The molecule has 0 unspecified atom stereocenters. The molecule has 0 atom stereocenters. The molecule has 0 rings (SSSR count). The maximum atomic E-state index is 9.99. The van der Waals surface area contributed by atoms with Crippen molar-refractivity contribution < 1.29 is 4.79 Å². The number of isocyanates is 1. The molecule has 2 nitrogen and oxygen atoms in total. The smallest absolute Gasteiger partial charge is 0.211 e. The summed E-state index contributed by atoms with van der Waals surface area (Å²) in [5, 5.41) is 0. The predicted molar refractivity (Wildman–Crippen MR) is 175 cm³/mol. The second-order valence-electron chi connectivity index (χ2n) is 12.7. The van der Waals surface area contributed by atoms with Crippen LogP contribution in [-0.4, -0.2) is 20.0 Å². The van der Waals surface area contributed by atoms with Crippen LogP contribution < -0.4 is 0 Å². The Balaban J connectivity index is 3.05. The van der Waals surface area contributed by atoms with Crippen LogP contribution in [0.2, 0.25) is 19.1 Å². The van der Waals surface area contributed by atoms with Crippen LogP contribution in [0, 0.1) is 0 Å². The number of hydrogen-bond donors (Lipinski definition) is 0. The monoisotopic (exact) mass is 569 g/mol. The molecule has 0 saturated carbocycles. The molecule has 0 bridgehead atoms. The SMILES string of the molecule is C[Si](C)(Cl)CCCCCCCCCCCCCCCCCCCCCCCCCCCCCCCN=C=O. The highest BCUT2D eigenvalue weighted by atomic mass is 35.6. The van der Waals surface area contributed by atoms with Gasteiger partial charge in [-0.2, -0.15) is 11.1 Å². The Morgan fingerprint density at radius 2 is 0.632 bits per heavy atom. The Morgan fingerprint density at radius 3 is 0.842 bits per heavy atom. The molecule has 226 valence electrons.